The number of hydrogen-bond acceptors (Lipinski definition) is 2. The van der Waals surface area contributed by atoms with Gasteiger partial charge in [-0.2, -0.15) is 0 Å². The summed E-state index contributed by atoms with van der Waals surface area (Å²) >= 11 is 12.0. The van der Waals surface area contributed by atoms with Crippen LogP contribution in [0.4, 0.5) is 5.69 Å². The van der Waals surface area contributed by atoms with Crippen LogP contribution in [0, 0.1) is 0 Å². The van der Waals surface area contributed by atoms with E-state index >= 15 is 0 Å². The molecule has 0 saturated heterocycles. The van der Waals surface area contributed by atoms with Crippen molar-refractivity contribution in [1.82, 2.24) is 4.90 Å². The van der Waals surface area contributed by atoms with E-state index in [2.05, 4.69) is 23.3 Å². The van der Waals surface area contributed by atoms with Crippen molar-refractivity contribution < 1.29 is 4.79 Å². The van der Waals surface area contributed by atoms with Gasteiger partial charge in [-0.1, -0.05) is 66.7 Å². The topological polar surface area (TPSA) is 32.3 Å². The molecule has 1 aliphatic rings. The lowest BCUT2D eigenvalue weighted by Crippen LogP contribution is -2.33. The van der Waals surface area contributed by atoms with Crippen LogP contribution < -0.4 is 5.32 Å². The highest BCUT2D eigenvalue weighted by atomic mass is 35.5. The molecule has 5 heteroatoms. The summed E-state index contributed by atoms with van der Waals surface area (Å²) in [6.45, 7) is 0.841. The van der Waals surface area contributed by atoms with E-state index in [9.17, 15) is 4.79 Å². The number of halogens is 2. The molecular formula is C22H26Cl2N2O. The molecule has 144 valence electrons. The first-order chi connectivity index (χ1) is 13.0. The number of hydrogen-bond donors (Lipinski definition) is 1. The van der Waals surface area contributed by atoms with Crippen molar-refractivity contribution in [2.24, 2.45) is 0 Å². The minimum absolute atomic E-state index is 0.0545. The number of nitrogens with one attached hydrogen (secondary N) is 1. The fourth-order valence-electron chi connectivity index (χ4n) is 3.73. The van der Waals surface area contributed by atoms with Gasteiger partial charge in [-0.15, -0.1) is 0 Å². The van der Waals surface area contributed by atoms with Crippen molar-refractivity contribution >= 4 is 34.8 Å². The zero-order valence-electron chi connectivity index (χ0n) is 15.7. The zero-order valence-corrected chi connectivity index (χ0v) is 17.2. The quantitative estimate of drug-likeness (QED) is 0.645. The summed E-state index contributed by atoms with van der Waals surface area (Å²) in [7, 11) is 2.18. The summed E-state index contributed by atoms with van der Waals surface area (Å²) in [6, 6.07) is 14.0. The summed E-state index contributed by atoms with van der Waals surface area (Å²) < 4.78 is 0. The molecule has 2 aromatic carbocycles. The fourth-order valence-corrected chi connectivity index (χ4v) is 4.05. The first-order valence-electron chi connectivity index (χ1n) is 9.55. The fraction of sp³-hybridized carbons (Fsp3) is 0.409. The Balaban J connectivity index is 1.64. The van der Waals surface area contributed by atoms with E-state index in [4.69, 9.17) is 23.2 Å². The van der Waals surface area contributed by atoms with E-state index in [-0.39, 0.29) is 12.3 Å². The van der Waals surface area contributed by atoms with Gasteiger partial charge in [0.05, 0.1) is 16.5 Å². The van der Waals surface area contributed by atoms with E-state index in [1.807, 2.05) is 24.3 Å². The van der Waals surface area contributed by atoms with Gasteiger partial charge < -0.3 is 5.32 Å². The molecule has 0 heterocycles. The molecule has 0 aromatic heterocycles. The number of benzene rings is 2. The van der Waals surface area contributed by atoms with Crippen LogP contribution >= 0.6 is 23.2 Å². The molecule has 0 bridgehead atoms. The van der Waals surface area contributed by atoms with Gasteiger partial charge in [0.25, 0.3) is 0 Å². The average molecular weight is 405 g/mol. The molecule has 0 atom stereocenters. The van der Waals surface area contributed by atoms with Gasteiger partial charge in [-0.05, 0) is 49.2 Å². The highest BCUT2D eigenvalue weighted by Crippen LogP contribution is 2.26. The maximum absolute atomic E-state index is 12.5. The summed E-state index contributed by atoms with van der Waals surface area (Å²) in [5.41, 5.74) is 2.87. The van der Waals surface area contributed by atoms with Crippen LogP contribution in [-0.2, 0) is 17.8 Å². The zero-order chi connectivity index (χ0) is 19.2. The first-order valence-corrected chi connectivity index (χ1v) is 10.3. The number of amides is 1. The minimum atomic E-state index is -0.0545. The standard InChI is InChI=1S/C22H26Cl2N2O/c1-26(18-8-3-2-4-9-18)15-17-7-5-6-10-21(17)25-22(27)14-16-11-12-19(23)20(24)13-16/h5-7,10-13,18H,2-4,8-9,14-15H2,1H3,(H,25,27). The van der Waals surface area contributed by atoms with Crippen molar-refractivity contribution in [1.29, 1.82) is 0 Å². The van der Waals surface area contributed by atoms with E-state index in [0.717, 1.165) is 23.4 Å². The molecule has 2 aromatic rings. The van der Waals surface area contributed by atoms with Crippen LogP contribution in [0.2, 0.25) is 10.0 Å². The van der Waals surface area contributed by atoms with Crippen LogP contribution in [0.5, 0.6) is 0 Å². The molecular weight excluding hydrogens is 379 g/mol. The van der Waals surface area contributed by atoms with Gasteiger partial charge in [0.2, 0.25) is 5.91 Å². The van der Waals surface area contributed by atoms with Crippen LogP contribution in [0.1, 0.15) is 43.2 Å². The maximum Gasteiger partial charge on any atom is 0.228 e. The molecule has 0 aliphatic heterocycles. The van der Waals surface area contributed by atoms with E-state index in [1.165, 1.54) is 32.1 Å². The lowest BCUT2D eigenvalue weighted by Gasteiger charge is -2.31. The van der Waals surface area contributed by atoms with Gasteiger partial charge in [0.15, 0.2) is 0 Å². The minimum Gasteiger partial charge on any atom is -0.325 e. The van der Waals surface area contributed by atoms with Gasteiger partial charge in [-0.3, -0.25) is 9.69 Å². The molecule has 0 spiro atoms. The monoisotopic (exact) mass is 404 g/mol. The molecule has 27 heavy (non-hydrogen) atoms. The summed E-state index contributed by atoms with van der Waals surface area (Å²) in [5.74, 6) is -0.0545. The second-order valence-electron chi connectivity index (χ2n) is 7.34. The number of para-hydroxylation sites is 1. The maximum atomic E-state index is 12.5. The van der Waals surface area contributed by atoms with Gasteiger partial charge in [0, 0.05) is 18.3 Å². The van der Waals surface area contributed by atoms with Crippen molar-refractivity contribution in [2.45, 2.75) is 51.1 Å². The van der Waals surface area contributed by atoms with Crippen LogP contribution in [0.25, 0.3) is 0 Å². The molecule has 0 radical (unpaired) electrons. The molecule has 1 N–H and O–H groups in total. The average Bonchev–Trinajstić information content (AvgIpc) is 2.67. The third kappa shape index (κ3) is 5.71. The number of rotatable bonds is 6. The second kappa shape index (κ2) is 9.59. The molecule has 1 saturated carbocycles. The Morgan fingerprint density at radius 3 is 2.56 bits per heavy atom. The largest absolute Gasteiger partial charge is 0.325 e. The molecule has 0 unspecified atom stereocenters. The Bertz CT molecular complexity index is 788. The summed E-state index contributed by atoms with van der Waals surface area (Å²) in [4.78, 5) is 14.9. The number of carbonyl (C=O) groups excluding carboxylic acids is 1. The predicted molar refractivity (Wildman–Crippen MR) is 114 cm³/mol. The predicted octanol–water partition coefficient (Wildman–Crippen LogP) is 5.94. The van der Waals surface area contributed by atoms with Crippen LogP contribution in [-0.4, -0.2) is 23.9 Å². The van der Waals surface area contributed by atoms with Crippen molar-refractivity contribution in [2.75, 3.05) is 12.4 Å². The highest BCUT2D eigenvalue weighted by molar-refractivity contribution is 6.42. The number of carbonyl (C=O) groups is 1. The third-order valence-corrected chi connectivity index (χ3v) is 6.00. The van der Waals surface area contributed by atoms with Crippen LogP contribution in [0.15, 0.2) is 42.5 Å². The lowest BCUT2D eigenvalue weighted by molar-refractivity contribution is -0.115. The molecule has 1 aliphatic carbocycles. The summed E-state index contributed by atoms with van der Waals surface area (Å²) in [5, 5.41) is 4.03. The Morgan fingerprint density at radius 1 is 1.07 bits per heavy atom. The SMILES string of the molecule is CN(Cc1ccccc1NC(=O)Cc1ccc(Cl)c(Cl)c1)C1CCCCC1. The Morgan fingerprint density at radius 2 is 1.81 bits per heavy atom. The molecule has 3 nitrogen and oxygen atoms in total. The van der Waals surface area contributed by atoms with E-state index in [1.54, 1.807) is 12.1 Å². The van der Waals surface area contributed by atoms with Crippen molar-refractivity contribution in [3.8, 4) is 0 Å². The lowest BCUT2D eigenvalue weighted by atomic mass is 9.94. The van der Waals surface area contributed by atoms with Crippen molar-refractivity contribution in [3.05, 3.63) is 63.6 Å². The first kappa shape index (κ1) is 20.2. The van der Waals surface area contributed by atoms with Gasteiger partial charge in [0.1, 0.15) is 0 Å². The Hall–Kier alpha value is -1.55. The Kier molecular flexibility index (Phi) is 7.17. The number of nitrogens with zero attached hydrogens (tertiary/aromatic N) is 1. The molecule has 1 fully saturated rings. The van der Waals surface area contributed by atoms with Gasteiger partial charge in [-0.25, -0.2) is 0 Å². The molecule has 1 amide bonds. The number of anilines is 1. The van der Waals surface area contributed by atoms with E-state index in [0.29, 0.717) is 16.1 Å². The summed E-state index contributed by atoms with van der Waals surface area (Å²) in [6.07, 6.45) is 6.79. The highest BCUT2D eigenvalue weighted by Gasteiger charge is 2.19. The second-order valence-corrected chi connectivity index (χ2v) is 8.15. The Labute approximate surface area is 171 Å². The molecule has 3 rings (SSSR count). The van der Waals surface area contributed by atoms with Crippen molar-refractivity contribution in [3.63, 3.8) is 0 Å². The van der Waals surface area contributed by atoms with E-state index < -0.39 is 0 Å². The smallest absolute Gasteiger partial charge is 0.228 e. The van der Waals surface area contributed by atoms with Crippen LogP contribution in [0.3, 0.4) is 0 Å². The third-order valence-electron chi connectivity index (χ3n) is 5.26. The normalized spacial score (nSPS) is 15.1. The van der Waals surface area contributed by atoms with Gasteiger partial charge >= 0.3 is 0 Å².